The largest absolute Gasteiger partial charge is 0.485 e. The molecule has 2 aromatic rings. The van der Waals surface area contributed by atoms with Gasteiger partial charge in [0.05, 0.1) is 11.8 Å². The minimum absolute atomic E-state index is 0.0616. The number of hydrogen-bond acceptors (Lipinski definition) is 6. The molecule has 2 amide bonds. The molecular formula is C25H28N2O6. The number of nitrogens with zero attached hydrogens (tertiary/aromatic N) is 1. The predicted molar refractivity (Wildman–Crippen MR) is 122 cm³/mol. The minimum atomic E-state index is -0.201. The summed E-state index contributed by atoms with van der Waals surface area (Å²) in [5, 5.41) is 2.89. The highest BCUT2D eigenvalue weighted by atomic mass is 16.5. The first-order chi connectivity index (χ1) is 16.1. The molecule has 1 fully saturated rings. The summed E-state index contributed by atoms with van der Waals surface area (Å²) in [6, 6.07) is 14.1. The fraction of sp³-hybridized carbons (Fsp3) is 0.400. The molecule has 2 aliphatic heterocycles. The van der Waals surface area contributed by atoms with Gasteiger partial charge in [0.2, 0.25) is 5.91 Å². The summed E-state index contributed by atoms with van der Waals surface area (Å²) in [6.45, 7) is 1.46. The Labute approximate surface area is 192 Å². The second kappa shape index (κ2) is 11.0. The van der Waals surface area contributed by atoms with Crippen LogP contribution in [0.3, 0.4) is 0 Å². The van der Waals surface area contributed by atoms with Gasteiger partial charge < -0.3 is 24.4 Å². The monoisotopic (exact) mass is 452 g/mol. The van der Waals surface area contributed by atoms with Gasteiger partial charge in [-0.25, -0.2) is 0 Å². The molecule has 0 bridgehead atoms. The van der Waals surface area contributed by atoms with E-state index in [0.29, 0.717) is 48.7 Å². The number of nitrogens with one attached hydrogen (secondary N) is 1. The molecule has 2 aliphatic rings. The number of carbonyl (C=O) groups excluding carboxylic acids is 3. The van der Waals surface area contributed by atoms with Crippen molar-refractivity contribution in [3.05, 3.63) is 54.1 Å². The fourth-order valence-corrected chi connectivity index (χ4v) is 3.89. The molecule has 8 heteroatoms. The number of anilines is 1. The van der Waals surface area contributed by atoms with E-state index in [4.69, 9.17) is 14.2 Å². The van der Waals surface area contributed by atoms with Crippen LogP contribution in [0.15, 0.2) is 48.5 Å². The number of amides is 2. The summed E-state index contributed by atoms with van der Waals surface area (Å²) in [5.74, 6) is 0.689. The smallest absolute Gasteiger partial charge is 0.265 e. The van der Waals surface area contributed by atoms with Crippen LogP contribution in [0.1, 0.15) is 36.0 Å². The van der Waals surface area contributed by atoms with E-state index in [1.807, 2.05) is 18.2 Å². The molecule has 0 radical (unpaired) electrons. The van der Waals surface area contributed by atoms with Gasteiger partial charge in [0.25, 0.3) is 5.91 Å². The summed E-state index contributed by atoms with van der Waals surface area (Å²) < 4.78 is 16.6. The highest BCUT2D eigenvalue weighted by Crippen LogP contribution is 2.33. The number of para-hydroxylation sites is 1. The van der Waals surface area contributed by atoms with Crippen molar-refractivity contribution in [1.82, 2.24) is 5.32 Å². The number of fused-ring (bicyclic) bond motifs is 1. The highest BCUT2D eigenvalue weighted by Gasteiger charge is 2.26. The first kappa shape index (κ1) is 22.8. The number of rotatable bonds is 10. The van der Waals surface area contributed by atoms with Crippen LogP contribution in [0.4, 0.5) is 5.69 Å². The average molecular weight is 453 g/mol. The van der Waals surface area contributed by atoms with Crippen LogP contribution in [-0.2, 0) is 14.3 Å². The lowest BCUT2D eigenvalue weighted by atomic mass is 10.1. The zero-order valence-corrected chi connectivity index (χ0v) is 18.5. The lowest BCUT2D eigenvalue weighted by Crippen LogP contribution is -2.40. The van der Waals surface area contributed by atoms with E-state index in [9.17, 15) is 14.4 Å². The van der Waals surface area contributed by atoms with E-state index in [-0.39, 0.29) is 36.9 Å². The molecule has 0 spiro atoms. The lowest BCUT2D eigenvalue weighted by Gasteiger charge is -2.29. The maximum atomic E-state index is 12.6. The zero-order valence-electron chi connectivity index (χ0n) is 18.5. The summed E-state index contributed by atoms with van der Waals surface area (Å²) in [4.78, 5) is 38.9. The number of hydrogen-bond donors (Lipinski definition) is 1. The van der Waals surface area contributed by atoms with Crippen molar-refractivity contribution in [3.8, 4) is 11.5 Å². The van der Waals surface area contributed by atoms with Gasteiger partial charge in [0.1, 0.15) is 11.5 Å². The average Bonchev–Trinajstić information content (AvgIpc) is 3.37. The van der Waals surface area contributed by atoms with Gasteiger partial charge in [-0.3, -0.25) is 14.4 Å². The summed E-state index contributed by atoms with van der Waals surface area (Å²) in [7, 11) is 0. The molecule has 0 aromatic heterocycles. The molecule has 1 atom stereocenters. The Morgan fingerprint density at radius 3 is 2.79 bits per heavy atom. The third-order valence-corrected chi connectivity index (χ3v) is 5.67. The van der Waals surface area contributed by atoms with Crippen molar-refractivity contribution >= 4 is 23.3 Å². The first-order valence-corrected chi connectivity index (χ1v) is 11.3. The van der Waals surface area contributed by atoms with Crippen molar-refractivity contribution in [3.63, 3.8) is 0 Å². The third kappa shape index (κ3) is 6.10. The van der Waals surface area contributed by atoms with E-state index in [2.05, 4.69) is 5.32 Å². The van der Waals surface area contributed by atoms with Gasteiger partial charge in [-0.05, 0) is 49.6 Å². The van der Waals surface area contributed by atoms with E-state index < -0.39 is 0 Å². The molecule has 4 rings (SSSR count). The van der Waals surface area contributed by atoms with Gasteiger partial charge in [0.15, 0.2) is 19.0 Å². The quantitative estimate of drug-likeness (QED) is 0.557. The van der Waals surface area contributed by atoms with Crippen LogP contribution in [0.25, 0.3) is 0 Å². The lowest BCUT2D eigenvalue weighted by molar-refractivity contribution is -0.123. The molecule has 174 valence electrons. The molecule has 2 aromatic carbocycles. The number of ether oxygens (including phenoxy) is 3. The topological polar surface area (TPSA) is 94.2 Å². The third-order valence-electron chi connectivity index (χ3n) is 5.67. The Hall–Kier alpha value is -3.39. The fourth-order valence-electron chi connectivity index (χ4n) is 3.89. The van der Waals surface area contributed by atoms with Crippen LogP contribution < -0.4 is 19.7 Å². The Morgan fingerprint density at radius 2 is 2.00 bits per heavy atom. The molecule has 0 saturated carbocycles. The second-order valence-electron chi connectivity index (χ2n) is 8.08. The van der Waals surface area contributed by atoms with Crippen molar-refractivity contribution in [2.75, 3.05) is 37.8 Å². The normalized spacial score (nSPS) is 17.3. The van der Waals surface area contributed by atoms with Gasteiger partial charge in [0, 0.05) is 31.7 Å². The number of carbonyl (C=O) groups is 3. The standard InChI is InChI=1S/C25H28N2O6/c28-22(16-32-19-6-2-1-3-7-19)18-10-11-23-21(14-18)27(25(30)17-33-23)12-4-9-24(29)26-15-20-8-5-13-31-20/h1-3,6-7,10-11,14,20H,4-5,8-9,12-13,15-17H2,(H,26,29)/t20-/m1/s1. The van der Waals surface area contributed by atoms with Crippen LogP contribution in [-0.4, -0.2) is 56.6 Å². The molecule has 1 N–H and O–H groups in total. The Kier molecular flexibility index (Phi) is 7.57. The van der Waals surface area contributed by atoms with Crippen LogP contribution >= 0.6 is 0 Å². The number of Topliss-reactive ketones (excluding diaryl/α,β-unsaturated/α-hetero) is 1. The maximum absolute atomic E-state index is 12.6. The Balaban J connectivity index is 1.33. The van der Waals surface area contributed by atoms with Gasteiger partial charge in [-0.2, -0.15) is 0 Å². The molecule has 1 saturated heterocycles. The molecule has 0 unspecified atom stereocenters. The first-order valence-electron chi connectivity index (χ1n) is 11.3. The minimum Gasteiger partial charge on any atom is -0.485 e. The maximum Gasteiger partial charge on any atom is 0.265 e. The van der Waals surface area contributed by atoms with Crippen molar-refractivity contribution in [2.24, 2.45) is 0 Å². The molecule has 33 heavy (non-hydrogen) atoms. The molecular weight excluding hydrogens is 424 g/mol. The number of ketones is 1. The zero-order chi connectivity index (χ0) is 23.0. The molecule has 2 heterocycles. The number of benzene rings is 2. The molecule has 0 aliphatic carbocycles. The SMILES string of the molecule is O=C(CCCN1C(=O)COc2ccc(C(=O)COc3ccccc3)cc21)NC[C@H]1CCCO1. The van der Waals surface area contributed by atoms with Gasteiger partial charge in [-0.1, -0.05) is 18.2 Å². The van der Waals surface area contributed by atoms with Crippen LogP contribution in [0, 0.1) is 0 Å². The second-order valence-corrected chi connectivity index (χ2v) is 8.08. The Bertz CT molecular complexity index is 988. The summed E-state index contributed by atoms with van der Waals surface area (Å²) in [5.41, 5.74) is 0.971. The highest BCUT2D eigenvalue weighted by molar-refractivity contribution is 6.02. The van der Waals surface area contributed by atoms with Gasteiger partial charge >= 0.3 is 0 Å². The van der Waals surface area contributed by atoms with E-state index >= 15 is 0 Å². The summed E-state index contributed by atoms with van der Waals surface area (Å²) in [6.07, 6.45) is 2.90. The van der Waals surface area contributed by atoms with E-state index in [1.165, 1.54) is 0 Å². The Morgan fingerprint density at radius 1 is 1.15 bits per heavy atom. The van der Waals surface area contributed by atoms with Gasteiger partial charge in [-0.15, -0.1) is 0 Å². The van der Waals surface area contributed by atoms with Crippen LogP contribution in [0.2, 0.25) is 0 Å². The summed E-state index contributed by atoms with van der Waals surface area (Å²) >= 11 is 0. The molecule has 8 nitrogen and oxygen atoms in total. The predicted octanol–water partition coefficient (Wildman–Crippen LogP) is 2.75. The van der Waals surface area contributed by atoms with E-state index in [0.717, 1.165) is 19.4 Å². The van der Waals surface area contributed by atoms with Crippen molar-refractivity contribution in [1.29, 1.82) is 0 Å². The van der Waals surface area contributed by atoms with Crippen LogP contribution in [0.5, 0.6) is 11.5 Å². The van der Waals surface area contributed by atoms with Crippen molar-refractivity contribution in [2.45, 2.75) is 31.8 Å². The van der Waals surface area contributed by atoms with E-state index in [1.54, 1.807) is 35.2 Å². The van der Waals surface area contributed by atoms with Crippen molar-refractivity contribution < 1.29 is 28.6 Å².